The number of carbonyl (C=O) groups is 1. The van der Waals surface area contributed by atoms with E-state index in [0.29, 0.717) is 18.6 Å². The molecule has 0 amide bonds. The van der Waals surface area contributed by atoms with Crippen LogP contribution in [-0.2, 0) is 15.1 Å². The SMILES string of the molecule is COC(=O)C(CN(C)C1CC1)(NC1CC1)c1ccccc1. The number of ether oxygens (including phenoxy) is 1. The third kappa shape index (κ3) is 3.11. The summed E-state index contributed by atoms with van der Waals surface area (Å²) in [5, 5.41) is 3.57. The largest absolute Gasteiger partial charge is 0.467 e. The average molecular weight is 288 g/mol. The van der Waals surface area contributed by atoms with E-state index in [-0.39, 0.29) is 5.97 Å². The Bertz CT molecular complexity index is 497. The Morgan fingerprint density at radius 3 is 2.48 bits per heavy atom. The van der Waals surface area contributed by atoms with Crippen LogP contribution in [0.25, 0.3) is 0 Å². The maximum atomic E-state index is 12.7. The summed E-state index contributed by atoms with van der Waals surface area (Å²) < 4.78 is 5.17. The number of carbonyl (C=O) groups excluding carboxylic acids is 1. The number of benzene rings is 1. The zero-order valence-corrected chi connectivity index (χ0v) is 12.8. The van der Waals surface area contributed by atoms with Crippen molar-refractivity contribution in [2.45, 2.75) is 43.3 Å². The van der Waals surface area contributed by atoms with E-state index in [9.17, 15) is 4.79 Å². The molecule has 1 aromatic rings. The second kappa shape index (κ2) is 5.78. The molecular weight excluding hydrogens is 264 g/mol. The monoisotopic (exact) mass is 288 g/mol. The van der Waals surface area contributed by atoms with Crippen molar-refractivity contribution in [2.24, 2.45) is 0 Å². The zero-order valence-electron chi connectivity index (χ0n) is 12.8. The molecule has 2 aliphatic carbocycles. The molecule has 0 saturated heterocycles. The van der Waals surface area contributed by atoms with Crippen molar-refractivity contribution in [1.29, 1.82) is 0 Å². The molecule has 0 heterocycles. The molecule has 2 saturated carbocycles. The van der Waals surface area contributed by atoms with Crippen LogP contribution >= 0.6 is 0 Å². The Morgan fingerprint density at radius 2 is 1.95 bits per heavy atom. The summed E-state index contributed by atoms with van der Waals surface area (Å²) in [5.74, 6) is -0.187. The van der Waals surface area contributed by atoms with Crippen LogP contribution in [0.2, 0.25) is 0 Å². The molecule has 0 radical (unpaired) electrons. The van der Waals surface area contributed by atoms with Crippen LogP contribution in [0.3, 0.4) is 0 Å². The van der Waals surface area contributed by atoms with Crippen molar-refractivity contribution >= 4 is 5.97 Å². The molecule has 1 atom stereocenters. The second-order valence-electron chi connectivity index (χ2n) is 6.33. The topological polar surface area (TPSA) is 41.6 Å². The van der Waals surface area contributed by atoms with Crippen LogP contribution in [0, 0.1) is 0 Å². The van der Waals surface area contributed by atoms with Crippen LogP contribution in [0.5, 0.6) is 0 Å². The average Bonchev–Trinajstić information content (AvgIpc) is 3.39. The minimum Gasteiger partial charge on any atom is -0.467 e. The maximum Gasteiger partial charge on any atom is 0.332 e. The first kappa shape index (κ1) is 14.5. The highest BCUT2D eigenvalue weighted by Crippen LogP contribution is 2.34. The lowest BCUT2D eigenvalue weighted by Gasteiger charge is -2.36. The highest BCUT2D eigenvalue weighted by atomic mass is 16.5. The van der Waals surface area contributed by atoms with Gasteiger partial charge in [-0.05, 0) is 38.3 Å². The molecular formula is C17H24N2O2. The van der Waals surface area contributed by atoms with Crippen LogP contribution in [0.4, 0.5) is 0 Å². The van der Waals surface area contributed by atoms with Crippen LogP contribution < -0.4 is 5.32 Å². The molecule has 21 heavy (non-hydrogen) atoms. The predicted molar refractivity (Wildman–Crippen MR) is 81.9 cm³/mol. The lowest BCUT2D eigenvalue weighted by molar-refractivity contribution is -0.150. The fourth-order valence-electron chi connectivity index (χ4n) is 2.95. The molecule has 3 rings (SSSR count). The number of hydrogen-bond donors (Lipinski definition) is 1. The Balaban J connectivity index is 1.94. The van der Waals surface area contributed by atoms with Gasteiger partial charge in [-0.25, -0.2) is 4.79 Å². The van der Waals surface area contributed by atoms with Gasteiger partial charge in [0.1, 0.15) is 0 Å². The van der Waals surface area contributed by atoms with E-state index >= 15 is 0 Å². The summed E-state index contributed by atoms with van der Waals surface area (Å²) in [6, 6.07) is 11.0. The van der Waals surface area contributed by atoms with E-state index in [0.717, 1.165) is 18.4 Å². The van der Waals surface area contributed by atoms with Gasteiger partial charge in [0.25, 0.3) is 0 Å². The van der Waals surface area contributed by atoms with Crippen LogP contribution in [0.15, 0.2) is 30.3 Å². The molecule has 2 aliphatic rings. The number of rotatable bonds is 7. The summed E-state index contributed by atoms with van der Waals surface area (Å²) in [7, 11) is 3.58. The lowest BCUT2D eigenvalue weighted by Crippen LogP contribution is -2.57. The van der Waals surface area contributed by atoms with Gasteiger partial charge in [-0.3, -0.25) is 5.32 Å². The molecule has 114 valence electrons. The molecule has 0 aliphatic heterocycles. The minimum absolute atomic E-state index is 0.187. The first-order chi connectivity index (χ1) is 10.2. The molecule has 1 unspecified atom stereocenters. The van der Waals surface area contributed by atoms with Crippen molar-refractivity contribution in [3.63, 3.8) is 0 Å². The summed E-state index contributed by atoms with van der Waals surface area (Å²) in [5.41, 5.74) is 0.241. The van der Waals surface area contributed by atoms with Gasteiger partial charge in [-0.15, -0.1) is 0 Å². The Morgan fingerprint density at radius 1 is 1.29 bits per heavy atom. The van der Waals surface area contributed by atoms with Gasteiger partial charge in [0.2, 0.25) is 0 Å². The highest BCUT2D eigenvalue weighted by Gasteiger charge is 2.47. The summed E-state index contributed by atoms with van der Waals surface area (Å²) >= 11 is 0. The Labute approximate surface area is 126 Å². The van der Waals surface area contributed by atoms with E-state index in [1.165, 1.54) is 20.0 Å². The Hall–Kier alpha value is -1.39. The van der Waals surface area contributed by atoms with Crippen molar-refractivity contribution in [1.82, 2.24) is 10.2 Å². The van der Waals surface area contributed by atoms with Crippen molar-refractivity contribution in [2.75, 3.05) is 20.7 Å². The first-order valence-electron chi connectivity index (χ1n) is 7.77. The van der Waals surface area contributed by atoms with Gasteiger partial charge in [0, 0.05) is 18.6 Å². The smallest absolute Gasteiger partial charge is 0.332 e. The number of methoxy groups -OCH3 is 1. The van der Waals surface area contributed by atoms with Gasteiger partial charge in [-0.2, -0.15) is 0 Å². The predicted octanol–water partition coefficient (Wildman–Crippen LogP) is 1.90. The molecule has 4 heteroatoms. The zero-order chi connectivity index (χ0) is 14.9. The first-order valence-corrected chi connectivity index (χ1v) is 7.77. The number of likely N-dealkylation sites (N-methyl/N-ethyl adjacent to an activating group) is 1. The normalized spacial score (nSPS) is 21.1. The third-order valence-electron chi connectivity index (χ3n) is 4.49. The van der Waals surface area contributed by atoms with Gasteiger partial charge in [0.15, 0.2) is 5.54 Å². The van der Waals surface area contributed by atoms with Crippen molar-refractivity contribution in [3.8, 4) is 0 Å². The summed E-state index contributed by atoms with van der Waals surface area (Å²) in [6.45, 7) is 0.658. The van der Waals surface area contributed by atoms with Gasteiger partial charge in [-0.1, -0.05) is 30.3 Å². The molecule has 1 N–H and O–H groups in total. The molecule has 2 fully saturated rings. The molecule has 0 bridgehead atoms. The highest BCUT2D eigenvalue weighted by molar-refractivity contribution is 5.83. The lowest BCUT2D eigenvalue weighted by atomic mass is 9.88. The molecule has 1 aromatic carbocycles. The second-order valence-corrected chi connectivity index (χ2v) is 6.33. The molecule has 0 aromatic heterocycles. The van der Waals surface area contributed by atoms with Crippen LogP contribution in [0.1, 0.15) is 31.2 Å². The fraction of sp³-hybridized carbons (Fsp3) is 0.588. The van der Waals surface area contributed by atoms with Gasteiger partial charge in [0.05, 0.1) is 7.11 Å². The molecule has 4 nitrogen and oxygen atoms in total. The van der Waals surface area contributed by atoms with Crippen molar-refractivity contribution in [3.05, 3.63) is 35.9 Å². The number of hydrogen-bond acceptors (Lipinski definition) is 4. The van der Waals surface area contributed by atoms with Gasteiger partial charge < -0.3 is 9.64 Å². The van der Waals surface area contributed by atoms with Gasteiger partial charge >= 0.3 is 5.97 Å². The van der Waals surface area contributed by atoms with Crippen molar-refractivity contribution < 1.29 is 9.53 Å². The summed E-state index contributed by atoms with van der Waals surface area (Å²) in [4.78, 5) is 15.0. The van der Waals surface area contributed by atoms with Crippen LogP contribution in [-0.4, -0.2) is 43.7 Å². The quantitative estimate of drug-likeness (QED) is 0.778. The third-order valence-corrected chi connectivity index (χ3v) is 4.49. The van der Waals surface area contributed by atoms with E-state index in [1.807, 2.05) is 30.3 Å². The summed E-state index contributed by atoms with van der Waals surface area (Å²) in [6.07, 6.45) is 4.73. The molecule has 0 spiro atoms. The van der Waals surface area contributed by atoms with E-state index in [4.69, 9.17) is 4.74 Å². The standard InChI is InChI=1S/C17H24N2O2/c1-19(15-10-11-15)12-17(16(20)21-2,18-14-8-9-14)13-6-4-3-5-7-13/h3-7,14-15,18H,8-12H2,1-2H3. The Kier molecular flexibility index (Phi) is 4.00. The number of esters is 1. The van der Waals surface area contributed by atoms with E-state index in [1.54, 1.807) is 0 Å². The maximum absolute atomic E-state index is 12.7. The number of nitrogens with one attached hydrogen (secondary N) is 1. The van der Waals surface area contributed by atoms with E-state index in [2.05, 4.69) is 17.3 Å². The van der Waals surface area contributed by atoms with E-state index < -0.39 is 5.54 Å². The minimum atomic E-state index is -0.755. The fourth-order valence-corrected chi connectivity index (χ4v) is 2.95. The number of nitrogens with zero attached hydrogens (tertiary/aromatic N) is 1.